The Morgan fingerprint density at radius 1 is 1.21 bits per heavy atom. The van der Waals surface area contributed by atoms with Crippen LogP contribution in [0.3, 0.4) is 0 Å². The first-order valence-electron chi connectivity index (χ1n) is 7.03. The molecule has 0 heterocycles. The van der Waals surface area contributed by atoms with Crippen LogP contribution in [0.1, 0.15) is 12.5 Å². The Morgan fingerprint density at radius 2 is 1.83 bits per heavy atom. The van der Waals surface area contributed by atoms with Crippen molar-refractivity contribution in [1.82, 2.24) is 0 Å². The van der Waals surface area contributed by atoms with Crippen LogP contribution < -0.4 is 15.2 Å². The van der Waals surface area contributed by atoms with E-state index in [2.05, 4.69) is 21.2 Å². The number of nitrogens with two attached hydrogens (primary N) is 1. The van der Waals surface area contributed by atoms with Crippen molar-refractivity contribution in [2.24, 2.45) is 5.14 Å². The third-order valence-electron chi connectivity index (χ3n) is 3.21. The normalized spacial score (nSPS) is 12.5. The van der Waals surface area contributed by atoms with Crippen LogP contribution in [0.25, 0.3) is 0 Å². The summed E-state index contributed by atoms with van der Waals surface area (Å²) >= 11 is 3.39. The Kier molecular flexibility index (Phi) is 5.63. The Labute approximate surface area is 149 Å². The molecular formula is C16H17BrN2O4S. The second-order valence-corrected chi connectivity index (χ2v) is 7.67. The van der Waals surface area contributed by atoms with Gasteiger partial charge < -0.3 is 10.1 Å². The van der Waals surface area contributed by atoms with Crippen LogP contribution in [0.2, 0.25) is 0 Å². The van der Waals surface area contributed by atoms with E-state index in [-0.39, 0.29) is 10.8 Å². The molecule has 0 unspecified atom stereocenters. The molecule has 0 bridgehead atoms. The van der Waals surface area contributed by atoms with E-state index in [0.717, 1.165) is 10.0 Å². The molecule has 0 aromatic heterocycles. The lowest BCUT2D eigenvalue weighted by Gasteiger charge is -2.16. The standard InChI is InChI=1S/C16H17BrN2O4S/c1-10-3-8-15(14(17)9-10)23-11(2)16(20)19-12-4-6-13(7-5-12)24(18,21)22/h3-9,11H,1-2H3,(H,19,20)(H2,18,21,22)/t11-/m1/s1. The zero-order valence-electron chi connectivity index (χ0n) is 13.1. The van der Waals surface area contributed by atoms with Crippen molar-refractivity contribution < 1.29 is 17.9 Å². The second kappa shape index (κ2) is 7.33. The van der Waals surface area contributed by atoms with Crippen LogP contribution >= 0.6 is 15.9 Å². The van der Waals surface area contributed by atoms with Gasteiger partial charge in [0.1, 0.15) is 5.75 Å². The predicted molar refractivity (Wildman–Crippen MR) is 95.4 cm³/mol. The number of carbonyl (C=O) groups is 1. The van der Waals surface area contributed by atoms with E-state index in [9.17, 15) is 13.2 Å². The molecule has 3 N–H and O–H groups in total. The van der Waals surface area contributed by atoms with Crippen LogP contribution in [-0.2, 0) is 14.8 Å². The molecule has 2 aromatic rings. The minimum Gasteiger partial charge on any atom is -0.480 e. The topological polar surface area (TPSA) is 98.5 Å². The highest BCUT2D eigenvalue weighted by Crippen LogP contribution is 2.26. The van der Waals surface area contributed by atoms with Crippen molar-refractivity contribution in [3.05, 3.63) is 52.5 Å². The molecule has 0 spiro atoms. The maximum atomic E-state index is 12.2. The number of amides is 1. The highest BCUT2D eigenvalue weighted by Gasteiger charge is 2.16. The molecule has 0 radical (unpaired) electrons. The van der Waals surface area contributed by atoms with Crippen LogP contribution in [0.4, 0.5) is 5.69 Å². The maximum Gasteiger partial charge on any atom is 0.265 e. The van der Waals surface area contributed by atoms with Crippen molar-refractivity contribution in [3.8, 4) is 5.75 Å². The average Bonchev–Trinajstić information content (AvgIpc) is 2.49. The number of anilines is 1. The van der Waals surface area contributed by atoms with Gasteiger partial charge >= 0.3 is 0 Å². The van der Waals surface area contributed by atoms with Crippen molar-refractivity contribution in [2.75, 3.05) is 5.32 Å². The van der Waals surface area contributed by atoms with Crippen LogP contribution in [0.5, 0.6) is 5.75 Å². The zero-order valence-corrected chi connectivity index (χ0v) is 15.5. The van der Waals surface area contributed by atoms with E-state index in [1.165, 1.54) is 24.3 Å². The Hall–Kier alpha value is -1.90. The molecule has 1 atom stereocenters. The van der Waals surface area contributed by atoms with Gasteiger partial charge in [-0.1, -0.05) is 6.07 Å². The van der Waals surface area contributed by atoms with Gasteiger partial charge in [-0.3, -0.25) is 4.79 Å². The molecule has 0 saturated carbocycles. The summed E-state index contributed by atoms with van der Waals surface area (Å²) in [5.41, 5.74) is 1.52. The number of ether oxygens (including phenoxy) is 1. The predicted octanol–water partition coefficient (Wildman–Crippen LogP) is 2.81. The number of primary sulfonamides is 1. The van der Waals surface area contributed by atoms with Crippen LogP contribution in [-0.4, -0.2) is 20.4 Å². The number of halogens is 1. The summed E-state index contributed by atoms with van der Waals surface area (Å²) < 4.78 is 28.8. The summed E-state index contributed by atoms with van der Waals surface area (Å²) in [6.07, 6.45) is -0.734. The highest BCUT2D eigenvalue weighted by molar-refractivity contribution is 9.10. The largest absolute Gasteiger partial charge is 0.480 e. The van der Waals surface area contributed by atoms with Crippen molar-refractivity contribution in [1.29, 1.82) is 0 Å². The lowest BCUT2D eigenvalue weighted by molar-refractivity contribution is -0.122. The van der Waals surface area contributed by atoms with Crippen LogP contribution in [0.15, 0.2) is 51.8 Å². The number of nitrogens with one attached hydrogen (secondary N) is 1. The van der Waals surface area contributed by atoms with E-state index in [1.807, 2.05) is 19.1 Å². The average molecular weight is 413 g/mol. The van der Waals surface area contributed by atoms with Gasteiger partial charge in [0, 0.05) is 5.69 Å². The third kappa shape index (κ3) is 4.80. The maximum absolute atomic E-state index is 12.2. The minimum absolute atomic E-state index is 0.0200. The number of carbonyl (C=O) groups excluding carboxylic acids is 1. The summed E-state index contributed by atoms with van der Waals surface area (Å²) in [4.78, 5) is 12.2. The summed E-state index contributed by atoms with van der Waals surface area (Å²) in [6.45, 7) is 3.58. The van der Waals surface area contributed by atoms with Crippen molar-refractivity contribution in [2.45, 2.75) is 24.8 Å². The second-order valence-electron chi connectivity index (χ2n) is 5.25. The van der Waals surface area contributed by atoms with Gasteiger partial charge in [-0.05, 0) is 71.7 Å². The monoisotopic (exact) mass is 412 g/mol. The van der Waals surface area contributed by atoms with E-state index in [0.29, 0.717) is 11.4 Å². The highest BCUT2D eigenvalue weighted by atomic mass is 79.9. The summed E-state index contributed by atoms with van der Waals surface area (Å²) in [6, 6.07) is 11.1. The number of sulfonamides is 1. The number of aryl methyl sites for hydroxylation is 1. The van der Waals surface area contributed by atoms with Gasteiger partial charge in [0.05, 0.1) is 9.37 Å². The zero-order chi connectivity index (χ0) is 17.9. The summed E-state index contributed by atoms with van der Waals surface area (Å²) in [5, 5.41) is 7.68. The van der Waals surface area contributed by atoms with Crippen molar-refractivity contribution >= 4 is 37.5 Å². The van der Waals surface area contributed by atoms with E-state index >= 15 is 0 Å². The van der Waals surface area contributed by atoms with Crippen LogP contribution in [0, 0.1) is 6.92 Å². The number of hydrogen-bond donors (Lipinski definition) is 2. The van der Waals surface area contributed by atoms with Gasteiger partial charge in [0.25, 0.3) is 5.91 Å². The summed E-state index contributed by atoms with van der Waals surface area (Å²) in [7, 11) is -3.76. The molecule has 0 aliphatic rings. The fraction of sp³-hybridized carbons (Fsp3) is 0.188. The molecule has 1 amide bonds. The third-order valence-corrected chi connectivity index (χ3v) is 4.76. The smallest absolute Gasteiger partial charge is 0.265 e. The summed E-state index contributed by atoms with van der Waals surface area (Å²) in [5.74, 6) is 0.207. The number of benzene rings is 2. The van der Waals surface area contributed by atoms with E-state index in [1.54, 1.807) is 13.0 Å². The molecule has 128 valence electrons. The molecule has 6 nitrogen and oxygen atoms in total. The quantitative estimate of drug-likeness (QED) is 0.788. The van der Waals surface area contributed by atoms with Gasteiger partial charge in [-0.15, -0.1) is 0 Å². The first-order valence-corrected chi connectivity index (χ1v) is 9.37. The van der Waals surface area contributed by atoms with E-state index in [4.69, 9.17) is 9.88 Å². The lowest BCUT2D eigenvalue weighted by atomic mass is 10.2. The van der Waals surface area contributed by atoms with Gasteiger partial charge in [-0.25, -0.2) is 13.6 Å². The molecule has 0 aliphatic heterocycles. The first kappa shape index (κ1) is 18.4. The lowest BCUT2D eigenvalue weighted by Crippen LogP contribution is -2.30. The molecule has 0 fully saturated rings. The first-order chi connectivity index (χ1) is 11.2. The number of rotatable bonds is 5. The Balaban J connectivity index is 2.03. The molecule has 0 saturated heterocycles. The minimum atomic E-state index is -3.76. The molecule has 24 heavy (non-hydrogen) atoms. The molecule has 0 aliphatic carbocycles. The molecule has 2 aromatic carbocycles. The van der Waals surface area contributed by atoms with Crippen molar-refractivity contribution in [3.63, 3.8) is 0 Å². The van der Waals surface area contributed by atoms with Gasteiger partial charge in [0.2, 0.25) is 10.0 Å². The fourth-order valence-corrected chi connectivity index (χ4v) is 3.02. The van der Waals surface area contributed by atoms with Gasteiger partial charge in [-0.2, -0.15) is 0 Å². The fourth-order valence-electron chi connectivity index (χ4n) is 1.92. The number of hydrogen-bond acceptors (Lipinski definition) is 4. The molecular weight excluding hydrogens is 396 g/mol. The molecule has 2 rings (SSSR count). The van der Waals surface area contributed by atoms with E-state index < -0.39 is 16.1 Å². The Morgan fingerprint density at radius 3 is 2.38 bits per heavy atom. The Bertz CT molecular complexity index is 851. The SMILES string of the molecule is Cc1ccc(O[C@H](C)C(=O)Nc2ccc(S(N)(=O)=O)cc2)c(Br)c1. The molecule has 8 heteroatoms. The van der Waals surface area contributed by atoms with Gasteiger partial charge in [0.15, 0.2) is 6.10 Å².